The van der Waals surface area contributed by atoms with Crippen LogP contribution in [-0.2, 0) is 6.42 Å². The monoisotopic (exact) mass is 782 g/mol. The number of hydrogen-bond acceptors (Lipinski definition) is 2. The van der Waals surface area contributed by atoms with Gasteiger partial charge in [-0.3, -0.25) is 0 Å². The Morgan fingerprint density at radius 3 is 1.75 bits per heavy atom. The van der Waals surface area contributed by atoms with E-state index in [0.29, 0.717) is 0 Å². The fraction of sp³-hybridized carbons (Fsp3) is 0.0526. The molecule has 1 aliphatic rings. The maximum absolute atomic E-state index is 2.55. The molecule has 61 heavy (non-hydrogen) atoms. The third-order valence-electron chi connectivity index (χ3n) is 12.7. The Kier molecular flexibility index (Phi) is 8.17. The van der Waals surface area contributed by atoms with Crippen LogP contribution >= 0.6 is 0 Å². The van der Waals surface area contributed by atoms with Gasteiger partial charge < -0.3 is 18.9 Å². The minimum atomic E-state index is 0.169. The molecule has 12 rings (SSSR count). The van der Waals surface area contributed by atoms with E-state index in [-0.39, 0.29) is 6.04 Å². The number of rotatable bonds is 7. The number of para-hydroxylation sites is 4. The van der Waals surface area contributed by atoms with Crippen LogP contribution in [0.5, 0.6) is 0 Å². The van der Waals surface area contributed by atoms with Crippen molar-refractivity contribution in [1.29, 1.82) is 0 Å². The molecule has 0 N–H and O–H groups in total. The van der Waals surface area contributed by atoms with Gasteiger partial charge in [0.05, 0.1) is 28.1 Å². The van der Waals surface area contributed by atoms with Gasteiger partial charge in [0.15, 0.2) is 0 Å². The topological polar surface area (TPSA) is 16.3 Å². The first-order valence-corrected chi connectivity index (χ1v) is 21.2. The number of aromatic nitrogens is 2. The maximum Gasteiger partial charge on any atom is 0.0633 e. The Labute approximate surface area is 355 Å². The molecule has 0 saturated carbocycles. The van der Waals surface area contributed by atoms with E-state index in [9.17, 15) is 0 Å². The van der Waals surface area contributed by atoms with E-state index < -0.39 is 0 Å². The van der Waals surface area contributed by atoms with Crippen LogP contribution in [0.25, 0.3) is 55.0 Å². The van der Waals surface area contributed by atoms with E-state index in [1.807, 2.05) is 0 Å². The van der Waals surface area contributed by atoms with Gasteiger partial charge in [0.2, 0.25) is 0 Å². The molecule has 2 aromatic heterocycles. The maximum atomic E-state index is 2.55. The van der Waals surface area contributed by atoms with Crippen molar-refractivity contribution >= 4 is 72.0 Å². The van der Waals surface area contributed by atoms with E-state index in [1.54, 1.807) is 0 Å². The molecule has 9 aromatic carbocycles. The Bertz CT molecular complexity index is 3400. The molecule has 0 fully saturated rings. The van der Waals surface area contributed by atoms with Crippen molar-refractivity contribution in [3.63, 3.8) is 0 Å². The zero-order valence-corrected chi connectivity index (χ0v) is 33.9. The summed E-state index contributed by atoms with van der Waals surface area (Å²) in [7, 11) is 0. The highest BCUT2D eigenvalue weighted by Gasteiger charge is 2.34. The average Bonchev–Trinajstić information content (AvgIpc) is 3.99. The summed E-state index contributed by atoms with van der Waals surface area (Å²) in [4.78, 5) is 4.95. The quantitative estimate of drug-likeness (QED) is 0.160. The first kappa shape index (κ1) is 35.2. The van der Waals surface area contributed by atoms with E-state index in [2.05, 4.69) is 244 Å². The highest BCUT2D eigenvalue weighted by Crippen LogP contribution is 2.50. The summed E-state index contributed by atoms with van der Waals surface area (Å²) in [6.07, 6.45) is 0.897. The van der Waals surface area contributed by atoms with Crippen molar-refractivity contribution in [3.05, 3.63) is 235 Å². The average molecular weight is 783 g/mol. The van der Waals surface area contributed by atoms with Crippen LogP contribution in [0.4, 0.5) is 28.4 Å². The smallest absolute Gasteiger partial charge is 0.0633 e. The van der Waals surface area contributed by atoms with Crippen molar-refractivity contribution in [3.8, 4) is 11.4 Å². The molecule has 0 radical (unpaired) electrons. The van der Waals surface area contributed by atoms with Crippen LogP contribution in [0.3, 0.4) is 0 Å². The van der Waals surface area contributed by atoms with E-state index in [0.717, 1.165) is 34.9 Å². The summed E-state index contributed by atoms with van der Waals surface area (Å²) in [5.74, 6) is 0. The van der Waals surface area contributed by atoms with Gasteiger partial charge in [0, 0.05) is 73.3 Å². The van der Waals surface area contributed by atoms with Crippen molar-refractivity contribution in [1.82, 2.24) is 9.13 Å². The second-order valence-electron chi connectivity index (χ2n) is 16.2. The number of anilines is 5. The zero-order valence-electron chi connectivity index (χ0n) is 33.9. The van der Waals surface area contributed by atoms with Crippen LogP contribution in [0.2, 0.25) is 0 Å². The lowest BCUT2D eigenvalue weighted by atomic mass is 10.0. The standard InChI is InChI=1S/C57H42N4/c1-39-28-30-43(31-29-39)59-52-26-13-12-25-48(52)50-37-46(32-34-54(50)59)58(41-18-7-3-8-19-41)44-22-15-23-45(36-44)61-53-27-14-11-24-47(53)49-33-35-55-51(57(49)61)38-56(40-16-5-2-6-17-40)60(55)42-20-9-4-10-21-42/h2-37,56H,38H2,1H3. The molecule has 11 aromatic rings. The first-order chi connectivity index (χ1) is 30.2. The Hall–Kier alpha value is -7.82. The fourth-order valence-electron chi connectivity index (χ4n) is 9.98. The Morgan fingerprint density at radius 2 is 1.00 bits per heavy atom. The van der Waals surface area contributed by atoms with Gasteiger partial charge in [-0.2, -0.15) is 0 Å². The molecule has 0 saturated heterocycles. The molecule has 3 heterocycles. The Morgan fingerprint density at radius 1 is 0.410 bits per heavy atom. The highest BCUT2D eigenvalue weighted by molar-refractivity contribution is 6.13. The first-order valence-electron chi connectivity index (χ1n) is 21.2. The van der Waals surface area contributed by atoms with Gasteiger partial charge in [0.25, 0.3) is 0 Å². The zero-order chi connectivity index (χ0) is 40.4. The molecule has 4 heteroatoms. The second-order valence-corrected chi connectivity index (χ2v) is 16.2. The second kappa shape index (κ2) is 14.2. The molecule has 1 unspecified atom stereocenters. The third-order valence-corrected chi connectivity index (χ3v) is 12.7. The van der Waals surface area contributed by atoms with Gasteiger partial charge >= 0.3 is 0 Å². The van der Waals surface area contributed by atoms with Crippen molar-refractivity contribution < 1.29 is 0 Å². The number of benzene rings is 9. The lowest BCUT2D eigenvalue weighted by molar-refractivity contribution is 0.744. The normalized spacial score (nSPS) is 13.7. The SMILES string of the molecule is Cc1ccc(-n2c3ccccc3c3cc(N(c4ccccc4)c4cccc(-n5c6ccccc6c6ccc7c(c65)CC(c5ccccc5)N7c5ccccc5)c4)ccc32)cc1. The molecule has 290 valence electrons. The minimum absolute atomic E-state index is 0.169. The van der Waals surface area contributed by atoms with Crippen molar-refractivity contribution in [2.24, 2.45) is 0 Å². The number of aryl methyl sites for hydroxylation is 1. The van der Waals surface area contributed by atoms with Gasteiger partial charge in [0.1, 0.15) is 0 Å². The van der Waals surface area contributed by atoms with Crippen LogP contribution in [-0.4, -0.2) is 9.13 Å². The van der Waals surface area contributed by atoms with Crippen LogP contribution < -0.4 is 9.80 Å². The summed E-state index contributed by atoms with van der Waals surface area (Å²) in [5.41, 5.74) is 16.9. The summed E-state index contributed by atoms with van der Waals surface area (Å²) in [5, 5.41) is 4.99. The molecule has 1 atom stereocenters. The van der Waals surface area contributed by atoms with Crippen molar-refractivity contribution in [2.45, 2.75) is 19.4 Å². The molecule has 0 aliphatic carbocycles. The minimum Gasteiger partial charge on any atom is -0.333 e. The van der Waals surface area contributed by atoms with Crippen LogP contribution in [0, 0.1) is 6.92 Å². The van der Waals surface area contributed by atoms with E-state index >= 15 is 0 Å². The summed E-state index contributed by atoms with van der Waals surface area (Å²) in [6.45, 7) is 2.14. The highest BCUT2D eigenvalue weighted by atomic mass is 15.2. The van der Waals surface area contributed by atoms with E-state index in [1.165, 1.54) is 71.7 Å². The molecule has 0 spiro atoms. The largest absolute Gasteiger partial charge is 0.333 e. The molecule has 0 bridgehead atoms. The number of nitrogens with zero attached hydrogens (tertiary/aromatic N) is 4. The number of hydrogen-bond donors (Lipinski definition) is 0. The predicted molar refractivity (Wildman–Crippen MR) is 256 cm³/mol. The fourth-order valence-corrected chi connectivity index (χ4v) is 9.98. The van der Waals surface area contributed by atoms with Gasteiger partial charge in [-0.25, -0.2) is 0 Å². The third kappa shape index (κ3) is 5.67. The molecule has 4 nitrogen and oxygen atoms in total. The molecular weight excluding hydrogens is 741 g/mol. The lowest BCUT2D eigenvalue weighted by Crippen LogP contribution is -2.19. The summed E-state index contributed by atoms with van der Waals surface area (Å²) in [6, 6.07) is 80.1. The number of fused-ring (bicyclic) bond motifs is 8. The van der Waals surface area contributed by atoms with Crippen molar-refractivity contribution in [2.75, 3.05) is 9.80 Å². The van der Waals surface area contributed by atoms with Crippen LogP contribution in [0.1, 0.15) is 22.7 Å². The molecule has 1 aliphatic heterocycles. The Balaban J connectivity index is 1.06. The van der Waals surface area contributed by atoms with Gasteiger partial charge in [-0.1, -0.05) is 133 Å². The molecular formula is C57H42N4. The van der Waals surface area contributed by atoms with E-state index in [4.69, 9.17) is 0 Å². The lowest BCUT2D eigenvalue weighted by Gasteiger charge is -2.28. The summed E-state index contributed by atoms with van der Waals surface area (Å²) < 4.78 is 4.91. The molecule has 0 amide bonds. The summed E-state index contributed by atoms with van der Waals surface area (Å²) >= 11 is 0. The van der Waals surface area contributed by atoms with Gasteiger partial charge in [-0.05, 0) is 103 Å². The van der Waals surface area contributed by atoms with Gasteiger partial charge in [-0.15, -0.1) is 0 Å². The predicted octanol–water partition coefficient (Wildman–Crippen LogP) is 15.1. The van der Waals surface area contributed by atoms with Crippen LogP contribution in [0.15, 0.2) is 218 Å².